The van der Waals surface area contributed by atoms with Crippen LogP contribution in [0.2, 0.25) is 0 Å². The Morgan fingerprint density at radius 3 is 2.61 bits per heavy atom. The van der Waals surface area contributed by atoms with Crippen molar-refractivity contribution in [2.24, 2.45) is 11.7 Å². The number of likely N-dealkylation sites (tertiary alicyclic amines) is 1. The van der Waals surface area contributed by atoms with Crippen molar-refractivity contribution >= 4 is 0 Å². The molecule has 2 fully saturated rings. The third-order valence-electron chi connectivity index (χ3n) is 4.79. The van der Waals surface area contributed by atoms with E-state index in [1.807, 2.05) is 0 Å². The Bertz CT molecular complexity index is 243. The fourth-order valence-corrected chi connectivity index (χ4v) is 3.51. The molecule has 2 saturated heterocycles. The van der Waals surface area contributed by atoms with Gasteiger partial charge >= 0.3 is 0 Å². The van der Waals surface area contributed by atoms with Crippen molar-refractivity contribution in [1.29, 1.82) is 0 Å². The molecule has 0 aliphatic carbocycles. The first kappa shape index (κ1) is 14.3. The molecule has 0 amide bonds. The third kappa shape index (κ3) is 3.44. The van der Waals surface area contributed by atoms with Crippen LogP contribution in [0.5, 0.6) is 0 Å². The molecule has 2 unspecified atom stereocenters. The molecule has 4 heteroatoms. The van der Waals surface area contributed by atoms with Gasteiger partial charge in [0.05, 0.1) is 0 Å². The topological polar surface area (TPSA) is 41.7 Å². The Morgan fingerprint density at radius 2 is 2.06 bits per heavy atom. The lowest BCUT2D eigenvalue weighted by Crippen LogP contribution is -2.49. The second kappa shape index (κ2) is 6.85. The average Bonchev–Trinajstić information content (AvgIpc) is 2.77. The molecule has 0 bridgehead atoms. The zero-order valence-electron chi connectivity index (χ0n) is 12.0. The lowest BCUT2D eigenvalue weighted by molar-refractivity contribution is 0.0295. The van der Waals surface area contributed by atoms with Crippen molar-refractivity contribution in [3.05, 3.63) is 0 Å². The third-order valence-corrected chi connectivity index (χ3v) is 4.79. The maximum absolute atomic E-state index is 6.02. The summed E-state index contributed by atoms with van der Waals surface area (Å²) >= 11 is 0. The molecule has 0 aromatic carbocycles. The molecule has 4 nitrogen and oxygen atoms in total. The predicted octanol–water partition coefficient (Wildman–Crippen LogP) is 0.766. The number of ether oxygens (including phenoxy) is 1. The lowest BCUT2D eigenvalue weighted by atomic mass is 9.90. The molecule has 2 aliphatic rings. The van der Waals surface area contributed by atoms with E-state index in [2.05, 4.69) is 23.9 Å². The van der Waals surface area contributed by atoms with E-state index in [9.17, 15) is 0 Å². The molecule has 0 saturated carbocycles. The summed E-state index contributed by atoms with van der Waals surface area (Å²) in [7, 11) is 4.50. The minimum atomic E-state index is 0.530. The molecule has 106 valence electrons. The van der Waals surface area contributed by atoms with E-state index in [4.69, 9.17) is 10.5 Å². The van der Waals surface area contributed by atoms with Gasteiger partial charge in [-0.15, -0.1) is 0 Å². The maximum Gasteiger partial charge on any atom is 0.0469 e. The summed E-state index contributed by atoms with van der Waals surface area (Å²) in [5, 5.41) is 0. The average molecular weight is 255 g/mol. The number of nitrogens with two attached hydrogens (primary N) is 1. The highest BCUT2D eigenvalue weighted by Crippen LogP contribution is 2.23. The van der Waals surface area contributed by atoms with Gasteiger partial charge in [-0.3, -0.25) is 0 Å². The van der Waals surface area contributed by atoms with Crippen LogP contribution in [0.3, 0.4) is 0 Å². The Balaban J connectivity index is 1.85. The summed E-state index contributed by atoms with van der Waals surface area (Å²) in [6.07, 6.45) is 5.03. The van der Waals surface area contributed by atoms with Crippen LogP contribution in [0, 0.1) is 5.92 Å². The second-order valence-corrected chi connectivity index (χ2v) is 5.97. The molecule has 0 aromatic rings. The summed E-state index contributed by atoms with van der Waals surface area (Å²) < 4.78 is 5.46. The molecule has 2 atom stereocenters. The first-order valence-corrected chi connectivity index (χ1v) is 7.40. The van der Waals surface area contributed by atoms with Crippen molar-refractivity contribution in [2.45, 2.75) is 37.8 Å². The van der Waals surface area contributed by atoms with Gasteiger partial charge in [-0.1, -0.05) is 0 Å². The summed E-state index contributed by atoms with van der Waals surface area (Å²) in [5.74, 6) is 0.723. The Hall–Kier alpha value is -0.160. The molecule has 0 radical (unpaired) electrons. The van der Waals surface area contributed by atoms with Crippen molar-refractivity contribution in [3.63, 3.8) is 0 Å². The van der Waals surface area contributed by atoms with Gasteiger partial charge in [0.1, 0.15) is 0 Å². The summed E-state index contributed by atoms with van der Waals surface area (Å²) in [4.78, 5) is 5.00. The summed E-state index contributed by atoms with van der Waals surface area (Å²) in [5.41, 5.74) is 6.02. The van der Waals surface area contributed by atoms with Crippen LogP contribution in [0.4, 0.5) is 0 Å². The Labute approximate surface area is 111 Å². The highest BCUT2D eigenvalue weighted by Gasteiger charge is 2.29. The summed E-state index contributed by atoms with van der Waals surface area (Å²) in [6, 6.07) is 1.26. The van der Waals surface area contributed by atoms with E-state index >= 15 is 0 Å². The van der Waals surface area contributed by atoms with Crippen LogP contribution in [0.25, 0.3) is 0 Å². The van der Waals surface area contributed by atoms with Gasteiger partial charge in [0.15, 0.2) is 0 Å². The molecule has 0 spiro atoms. The van der Waals surface area contributed by atoms with Crippen LogP contribution in [-0.2, 0) is 4.74 Å². The summed E-state index contributed by atoms with van der Waals surface area (Å²) in [6.45, 7) is 5.02. The van der Waals surface area contributed by atoms with E-state index in [0.29, 0.717) is 6.04 Å². The van der Waals surface area contributed by atoms with Gasteiger partial charge in [0.25, 0.3) is 0 Å². The highest BCUT2D eigenvalue weighted by atomic mass is 16.5. The van der Waals surface area contributed by atoms with Gasteiger partial charge in [0, 0.05) is 38.4 Å². The Morgan fingerprint density at radius 1 is 1.33 bits per heavy atom. The minimum absolute atomic E-state index is 0.530. The standard InChI is InChI=1S/C14H29N3O/c1-16-7-3-4-13(16)11-17(2)14(10-15)12-5-8-18-9-6-12/h12-14H,3-11,15H2,1-2H3. The molecular formula is C14H29N3O. The zero-order chi connectivity index (χ0) is 13.0. The van der Waals surface area contributed by atoms with Gasteiger partial charge in [-0.2, -0.15) is 0 Å². The monoisotopic (exact) mass is 255 g/mol. The van der Waals surface area contributed by atoms with Crippen LogP contribution in [-0.4, -0.2) is 68.8 Å². The van der Waals surface area contributed by atoms with E-state index in [1.54, 1.807) is 0 Å². The van der Waals surface area contributed by atoms with Crippen molar-refractivity contribution in [2.75, 3.05) is 46.9 Å². The van der Waals surface area contributed by atoms with E-state index in [1.165, 1.54) is 32.2 Å². The van der Waals surface area contributed by atoms with Crippen LogP contribution < -0.4 is 5.73 Å². The lowest BCUT2D eigenvalue weighted by Gasteiger charge is -2.38. The van der Waals surface area contributed by atoms with Crippen molar-refractivity contribution in [1.82, 2.24) is 9.80 Å². The molecule has 2 rings (SSSR count). The van der Waals surface area contributed by atoms with E-state index < -0.39 is 0 Å². The number of nitrogens with zero attached hydrogens (tertiary/aromatic N) is 2. The van der Waals surface area contributed by atoms with Crippen molar-refractivity contribution in [3.8, 4) is 0 Å². The second-order valence-electron chi connectivity index (χ2n) is 5.97. The molecule has 18 heavy (non-hydrogen) atoms. The van der Waals surface area contributed by atoms with Gasteiger partial charge in [-0.25, -0.2) is 0 Å². The SMILES string of the molecule is CN1CCCC1CN(C)C(CN)C1CCOCC1. The molecule has 2 aliphatic heterocycles. The number of hydrogen-bond acceptors (Lipinski definition) is 4. The van der Waals surface area contributed by atoms with Crippen LogP contribution in [0.1, 0.15) is 25.7 Å². The smallest absolute Gasteiger partial charge is 0.0469 e. The maximum atomic E-state index is 6.02. The van der Waals surface area contributed by atoms with Gasteiger partial charge < -0.3 is 20.3 Å². The normalized spacial score (nSPS) is 29.0. The minimum Gasteiger partial charge on any atom is -0.381 e. The zero-order valence-corrected chi connectivity index (χ0v) is 12.0. The number of likely N-dealkylation sites (N-methyl/N-ethyl adjacent to an activating group) is 2. The largest absolute Gasteiger partial charge is 0.381 e. The highest BCUT2D eigenvalue weighted by molar-refractivity contribution is 4.85. The first-order valence-electron chi connectivity index (χ1n) is 7.40. The fraction of sp³-hybridized carbons (Fsp3) is 1.00. The van der Waals surface area contributed by atoms with Crippen LogP contribution in [0.15, 0.2) is 0 Å². The molecular weight excluding hydrogens is 226 g/mol. The van der Waals surface area contributed by atoms with Gasteiger partial charge in [0.2, 0.25) is 0 Å². The fourth-order valence-electron chi connectivity index (χ4n) is 3.51. The van der Waals surface area contributed by atoms with Crippen LogP contribution >= 0.6 is 0 Å². The van der Waals surface area contributed by atoms with Gasteiger partial charge in [-0.05, 0) is 52.2 Å². The van der Waals surface area contributed by atoms with Crippen molar-refractivity contribution < 1.29 is 4.74 Å². The molecule has 2 heterocycles. The number of hydrogen-bond donors (Lipinski definition) is 1. The number of rotatable bonds is 5. The quantitative estimate of drug-likeness (QED) is 0.788. The first-order chi connectivity index (χ1) is 8.72. The van der Waals surface area contributed by atoms with E-state index in [-0.39, 0.29) is 0 Å². The Kier molecular flexibility index (Phi) is 5.42. The molecule has 2 N–H and O–H groups in total. The van der Waals surface area contributed by atoms with E-state index in [0.717, 1.165) is 38.3 Å². The molecule has 0 aromatic heterocycles. The predicted molar refractivity (Wildman–Crippen MR) is 74.7 cm³/mol.